The van der Waals surface area contributed by atoms with Crippen LogP contribution in [0.4, 0.5) is 0 Å². The van der Waals surface area contributed by atoms with E-state index < -0.39 is 0 Å². The number of nitrogens with zero attached hydrogens (tertiary/aromatic N) is 2. The number of aromatic nitrogens is 2. The average Bonchev–Trinajstić information content (AvgIpc) is 3.05. The Morgan fingerprint density at radius 2 is 2.29 bits per heavy atom. The Labute approximate surface area is 109 Å². The topological polar surface area (TPSA) is 37.8 Å². The Hall–Kier alpha value is -0.910. The summed E-state index contributed by atoms with van der Waals surface area (Å²) in [6, 6.07) is 4.86. The Bertz CT molecular complexity index is 480. The molecule has 0 atom stereocenters. The van der Waals surface area contributed by atoms with Crippen LogP contribution in [-0.2, 0) is 6.54 Å². The van der Waals surface area contributed by atoms with Crippen LogP contribution in [-0.4, -0.2) is 16.0 Å². The van der Waals surface area contributed by atoms with E-state index in [4.69, 9.17) is 0 Å². The van der Waals surface area contributed by atoms with E-state index in [1.165, 1.54) is 18.4 Å². The summed E-state index contributed by atoms with van der Waals surface area (Å²) in [7, 11) is 0. The molecule has 0 bridgehead atoms. The lowest BCUT2D eigenvalue weighted by Gasteiger charge is -2.07. The van der Waals surface area contributed by atoms with Gasteiger partial charge in [0.25, 0.3) is 0 Å². The molecule has 3 rings (SSSR count). The van der Waals surface area contributed by atoms with Crippen LogP contribution in [0.15, 0.2) is 39.3 Å². The Morgan fingerprint density at radius 1 is 1.35 bits per heavy atom. The van der Waals surface area contributed by atoms with Crippen molar-refractivity contribution in [3.8, 4) is 0 Å². The highest BCUT2D eigenvalue weighted by atomic mass is 32.2. The van der Waals surface area contributed by atoms with Crippen LogP contribution in [0, 0.1) is 0 Å². The van der Waals surface area contributed by atoms with E-state index in [1.807, 2.05) is 23.8 Å². The van der Waals surface area contributed by atoms with Crippen molar-refractivity contribution in [3.63, 3.8) is 0 Å². The fourth-order valence-electron chi connectivity index (χ4n) is 1.54. The first-order chi connectivity index (χ1) is 8.42. The zero-order chi connectivity index (χ0) is 11.5. The first-order valence-corrected chi connectivity index (χ1v) is 7.36. The van der Waals surface area contributed by atoms with Crippen molar-refractivity contribution in [1.82, 2.24) is 15.3 Å². The van der Waals surface area contributed by atoms with Crippen molar-refractivity contribution in [2.75, 3.05) is 0 Å². The average molecular weight is 263 g/mol. The maximum atomic E-state index is 4.44. The molecule has 0 amide bonds. The lowest BCUT2D eigenvalue weighted by atomic mass is 10.3. The molecule has 2 aromatic rings. The second-order valence-corrected chi connectivity index (χ2v) is 6.15. The second kappa shape index (κ2) is 5.16. The molecule has 1 aliphatic carbocycles. The summed E-state index contributed by atoms with van der Waals surface area (Å²) in [5, 5.41) is 6.58. The van der Waals surface area contributed by atoms with Gasteiger partial charge < -0.3 is 5.32 Å². The predicted molar refractivity (Wildman–Crippen MR) is 70.3 cm³/mol. The van der Waals surface area contributed by atoms with E-state index >= 15 is 0 Å². The Kier molecular flexibility index (Phi) is 3.40. The van der Waals surface area contributed by atoms with E-state index in [9.17, 15) is 0 Å². The largest absolute Gasteiger partial charge is 0.310 e. The molecule has 2 aromatic heterocycles. The highest BCUT2D eigenvalue weighted by Crippen LogP contribution is 2.30. The molecular formula is C12H13N3S2. The van der Waals surface area contributed by atoms with Crippen molar-refractivity contribution in [3.05, 3.63) is 35.5 Å². The first-order valence-electron chi connectivity index (χ1n) is 5.66. The fraction of sp³-hybridized carbons (Fsp3) is 0.333. The van der Waals surface area contributed by atoms with Gasteiger partial charge in [-0.3, -0.25) is 0 Å². The van der Waals surface area contributed by atoms with Gasteiger partial charge in [0.15, 0.2) is 4.34 Å². The molecule has 1 fully saturated rings. The van der Waals surface area contributed by atoms with E-state index in [-0.39, 0.29) is 0 Å². The molecule has 1 saturated carbocycles. The van der Waals surface area contributed by atoms with Crippen molar-refractivity contribution in [2.45, 2.75) is 34.8 Å². The summed E-state index contributed by atoms with van der Waals surface area (Å²) >= 11 is 3.30. The summed E-state index contributed by atoms with van der Waals surface area (Å²) in [6.45, 7) is 0.909. The molecule has 1 aliphatic rings. The van der Waals surface area contributed by atoms with Crippen LogP contribution in [0.25, 0.3) is 0 Å². The van der Waals surface area contributed by atoms with Gasteiger partial charge in [0.05, 0.1) is 0 Å². The number of nitrogens with one attached hydrogen (secondary N) is 1. The monoisotopic (exact) mass is 263 g/mol. The third-order valence-electron chi connectivity index (χ3n) is 2.60. The lowest BCUT2D eigenvalue weighted by molar-refractivity contribution is 0.675. The van der Waals surface area contributed by atoms with Crippen molar-refractivity contribution in [2.24, 2.45) is 0 Å². The Balaban J connectivity index is 1.72. The van der Waals surface area contributed by atoms with Gasteiger partial charge in [-0.25, -0.2) is 9.97 Å². The van der Waals surface area contributed by atoms with Crippen molar-refractivity contribution in [1.29, 1.82) is 0 Å². The van der Waals surface area contributed by atoms with Gasteiger partial charge in [-0.05, 0) is 36.2 Å². The van der Waals surface area contributed by atoms with Crippen LogP contribution in [0.1, 0.15) is 18.4 Å². The molecule has 0 spiro atoms. The van der Waals surface area contributed by atoms with Gasteiger partial charge in [-0.15, -0.1) is 11.3 Å². The van der Waals surface area contributed by atoms with Crippen LogP contribution in [0.3, 0.4) is 0 Å². The van der Waals surface area contributed by atoms with Crippen molar-refractivity contribution >= 4 is 23.1 Å². The third-order valence-corrected chi connectivity index (χ3v) is 4.55. The van der Waals surface area contributed by atoms with Gasteiger partial charge in [-0.2, -0.15) is 0 Å². The number of hydrogen-bond donors (Lipinski definition) is 1. The molecule has 0 aromatic carbocycles. The molecule has 88 valence electrons. The summed E-state index contributed by atoms with van der Waals surface area (Å²) in [4.78, 5) is 8.72. The number of rotatable bonds is 5. The van der Waals surface area contributed by atoms with Gasteiger partial charge in [0, 0.05) is 30.4 Å². The molecule has 3 nitrogen and oxygen atoms in total. The molecule has 1 N–H and O–H groups in total. The molecular weight excluding hydrogens is 250 g/mol. The molecule has 0 saturated heterocycles. The molecule has 17 heavy (non-hydrogen) atoms. The van der Waals surface area contributed by atoms with Crippen LogP contribution < -0.4 is 5.32 Å². The van der Waals surface area contributed by atoms with Crippen molar-refractivity contribution < 1.29 is 0 Å². The zero-order valence-electron chi connectivity index (χ0n) is 9.30. The quantitative estimate of drug-likeness (QED) is 0.900. The van der Waals surface area contributed by atoms with E-state index in [0.717, 1.165) is 22.0 Å². The van der Waals surface area contributed by atoms with Gasteiger partial charge in [-0.1, -0.05) is 6.07 Å². The Morgan fingerprint density at radius 3 is 3.06 bits per heavy atom. The number of hydrogen-bond acceptors (Lipinski definition) is 5. The molecule has 0 radical (unpaired) electrons. The maximum absolute atomic E-state index is 4.44. The highest BCUT2D eigenvalue weighted by molar-refractivity contribution is 8.01. The van der Waals surface area contributed by atoms with Gasteiger partial charge in [0.2, 0.25) is 0 Å². The minimum Gasteiger partial charge on any atom is -0.310 e. The summed E-state index contributed by atoms with van der Waals surface area (Å²) < 4.78 is 1.05. The summed E-state index contributed by atoms with van der Waals surface area (Å²) in [5.41, 5.74) is 1.26. The molecule has 0 aliphatic heterocycles. The molecule has 2 heterocycles. The van der Waals surface area contributed by atoms with E-state index in [1.54, 1.807) is 23.1 Å². The van der Waals surface area contributed by atoms with Crippen LogP contribution in [0.2, 0.25) is 0 Å². The van der Waals surface area contributed by atoms with Gasteiger partial charge in [0.1, 0.15) is 5.03 Å². The van der Waals surface area contributed by atoms with Crippen LogP contribution >= 0.6 is 23.1 Å². The normalized spacial score (nSPS) is 15.1. The number of thiazole rings is 1. The lowest BCUT2D eigenvalue weighted by Crippen LogP contribution is -2.16. The SMILES string of the molecule is c1cnc(Sc2nccs2)c(CNC2CC2)c1. The third kappa shape index (κ3) is 3.06. The van der Waals surface area contributed by atoms with Crippen LogP contribution in [0.5, 0.6) is 0 Å². The standard InChI is InChI=1S/C12H13N3S2/c1-2-9(8-15-10-3-4-10)11(13-5-1)17-12-14-6-7-16-12/h1-2,5-7,10,15H,3-4,8H2. The maximum Gasteiger partial charge on any atom is 0.156 e. The van der Waals surface area contributed by atoms with Gasteiger partial charge >= 0.3 is 0 Å². The zero-order valence-corrected chi connectivity index (χ0v) is 10.9. The predicted octanol–water partition coefficient (Wildman–Crippen LogP) is 2.94. The van der Waals surface area contributed by atoms with E-state index in [0.29, 0.717) is 0 Å². The fourth-order valence-corrected chi connectivity index (χ4v) is 3.16. The first kappa shape index (κ1) is 11.2. The second-order valence-electron chi connectivity index (χ2n) is 4.02. The smallest absolute Gasteiger partial charge is 0.156 e. The van der Waals surface area contributed by atoms with E-state index in [2.05, 4.69) is 21.4 Å². The minimum atomic E-state index is 0.730. The number of pyridine rings is 1. The summed E-state index contributed by atoms with van der Waals surface area (Å²) in [5.74, 6) is 0. The minimum absolute atomic E-state index is 0.730. The summed E-state index contributed by atoms with van der Waals surface area (Å²) in [6.07, 6.45) is 6.30. The molecule has 5 heteroatoms. The highest BCUT2D eigenvalue weighted by Gasteiger charge is 2.20. The molecule has 0 unspecified atom stereocenters.